The van der Waals surface area contributed by atoms with Gasteiger partial charge in [-0.05, 0) is 55.2 Å². The summed E-state index contributed by atoms with van der Waals surface area (Å²) in [4.78, 5) is 31.1. The van der Waals surface area contributed by atoms with Crippen molar-refractivity contribution in [3.05, 3.63) is 59.9 Å². The van der Waals surface area contributed by atoms with E-state index >= 15 is 0 Å². The Morgan fingerprint density at radius 3 is 2.56 bits per heavy atom. The van der Waals surface area contributed by atoms with Crippen LogP contribution >= 0.6 is 0 Å². The highest BCUT2D eigenvalue weighted by atomic mass is 16.5. The summed E-state index contributed by atoms with van der Waals surface area (Å²) >= 11 is 0. The van der Waals surface area contributed by atoms with E-state index < -0.39 is 0 Å². The van der Waals surface area contributed by atoms with Gasteiger partial charge in [0.25, 0.3) is 0 Å². The van der Waals surface area contributed by atoms with Crippen molar-refractivity contribution in [2.45, 2.75) is 51.6 Å². The predicted molar refractivity (Wildman–Crippen MR) is 104 cm³/mol. The lowest BCUT2D eigenvalue weighted by Crippen LogP contribution is -2.32. The third-order valence-electron chi connectivity index (χ3n) is 4.60. The SMILES string of the molecule is CCCOc1ccc(C(=O)CCC(=O)N(Cc2cccnc2)C2CC2)cc1. The fraction of sp³-hybridized carbons (Fsp3) is 0.409. The minimum atomic E-state index is -0.0116. The summed E-state index contributed by atoms with van der Waals surface area (Å²) in [7, 11) is 0. The summed E-state index contributed by atoms with van der Waals surface area (Å²) in [6.45, 7) is 3.28. The summed E-state index contributed by atoms with van der Waals surface area (Å²) < 4.78 is 5.53. The molecular weight excluding hydrogens is 340 g/mol. The lowest BCUT2D eigenvalue weighted by Gasteiger charge is -2.22. The molecule has 1 amide bonds. The molecular formula is C22H26N2O3. The highest BCUT2D eigenvalue weighted by Crippen LogP contribution is 2.29. The number of Topliss-reactive ketones (excluding diaryl/α,β-unsaturated/α-hetero) is 1. The van der Waals surface area contributed by atoms with Crippen LogP contribution in [0.3, 0.4) is 0 Å². The normalized spacial score (nSPS) is 13.2. The van der Waals surface area contributed by atoms with Gasteiger partial charge in [-0.2, -0.15) is 0 Å². The lowest BCUT2D eigenvalue weighted by molar-refractivity contribution is -0.132. The fourth-order valence-electron chi connectivity index (χ4n) is 2.96. The van der Waals surface area contributed by atoms with Crippen molar-refractivity contribution in [2.75, 3.05) is 6.61 Å². The molecule has 0 spiro atoms. The van der Waals surface area contributed by atoms with Crippen molar-refractivity contribution >= 4 is 11.7 Å². The molecule has 1 aliphatic carbocycles. The summed E-state index contributed by atoms with van der Waals surface area (Å²) in [5.41, 5.74) is 1.64. The van der Waals surface area contributed by atoms with Gasteiger partial charge in [0, 0.05) is 43.4 Å². The van der Waals surface area contributed by atoms with Gasteiger partial charge in [-0.3, -0.25) is 14.6 Å². The predicted octanol–water partition coefficient (Wildman–Crippen LogP) is 4.02. The van der Waals surface area contributed by atoms with E-state index in [1.165, 1.54) is 0 Å². The Morgan fingerprint density at radius 2 is 1.93 bits per heavy atom. The van der Waals surface area contributed by atoms with E-state index in [-0.39, 0.29) is 24.5 Å². The molecule has 0 aliphatic heterocycles. The molecule has 2 aromatic rings. The maximum Gasteiger partial charge on any atom is 0.223 e. The Hall–Kier alpha value is -2.69. The van der Waals surface area contributed by atoms with Crippen LogP contribution in [0.25, 0.3) is 0 Å². The Labute approximate surface area is 160 Å². The van der Waals surface area contributed by atoms with Crippen LogP contribution in [0.5, 0.6) is 5.75 Å². The minimum absolute atomic E-state index is 0.0116. The van der Waals surface area contributed by atoms with Crippen molar-refractivity contribution in [1.29, 1.82) is 0 Å². The number of rotatable bonds is 10. The zero-order chi connectivity index (χ0) is 19.1. The second-order valence-electron chi connectivity index (χ2n) is 6.91. The second-order valence-corrected chi connectivity index (χ2v) is 6.91. The summed E-state index contributed by atoms with van der Waals surface area (Å²) in [6, 6.07) is 11.3. The van der Waals surface area contributed by atoms with Crippen molar-refractivity contribution in [3.8, 4) is 5.75 Å². The smallest absolute Gasteiger partial charge is 0.223 e. The summed E-state index contributed by atoms with van der Waals surface area (Å²) in [5, 5.41) is 0. The molecule has 1 aliphatic rings. The van der Waals surface area contributed by atoms with Gasteiger partial charge in [0.1, 0.15) is 5.75 Å². The fourth-order valence-corrected chi connectivity index (χ4v) is 2.96. The van der Waals surface area contributed by atoms with Crippen LogP contribution in [-0.2, 0) is 11.3 Å². The first-order chi connectivity index (χ1) is 13.2. The molecule has 5 heteroatoms. The second kappa shape index (κ2) is 9.31. The van der Waals surface area contributed by atoms with E-state index in [1.54, 1.807) is 24.5 Å². The lowest BCUT2D eigenvalue weighted by atomic mass is 10.1. The van der Waals surface area contributed by atoms with E-state index in [0.717, 1.165) is 30.6 Å². The molecule has 27 heavy (non-hydrogen) atoms. The Morgan fingerprint density at radius 1 is 1.15 bits per heavy atom. The number of benzene rings is 1. The average Bonchev–Trinajstić information content (AvgIpc) is 3.54. The van der Waals surface area contributed by atoms with Gasteiger partial charge < -0.3 is 9.64 Å². The average molecular weight is 366 g/mol. The summed E-state index contributed by atoms with van der Waals surface area (Å²) in [6.07, 6.45) is 7.01. The molecule has 1 aromatic carbocycles. The topological polar surface area (TPSA) is 59.5 Å². The van der Waals surface area contributed by atoms with Gasteiger partial charge in [-0.1, -0.05) is 13.0 Å². The van der Waals surface area contributed by atoms with Crippen LogP contribution in [0.1, 0.15) is 54.9 Å². The first-order valence-corrected chi connectivity index (χ1v) is 9.62. The molecule has 0 bridgehead atoms. The number of carbonyl (C=O) groups is 2. The quantitative estimate of drug-likeness (QED) is 0.596. The van der Waals surface area contributed by atoms with Crippen LogP contribution in [0.2, 0.25) is 0 Å². The van der Waals surface area contributed by atoms with Crippen LogP contribution in [-0.4, -0.2) is 34.2 Å². The number of nitrogens with zero attached hydrogens (tertiary/aromatic N) is 2. The van der Waals surface area contributed by atoms with Crippen molar-refractivity contribution < 1.29 is 14.3 Å². The molecule has 0 atom stereocenters. The van der Waals surface area contributed by atoms with E-state index in [4.69, 9.17) is 4.74 Å². The van der Waals surface area contributed by atoms with Gasteiger partial charge in [0.2, 0.25) is 5.91 Å². The van der Waals surface area contributed by atoms with Crippen molar-refractivity contribution in [3.63, 3.8) is 0 Å². The van der Waals surface area contributed by atoms with Crippen molar-refractivity contribution in [2.24, 2.45) is 0 Å². The molecule has 0 N–H and O–H groups in total. The molecule has 1 fully saturated rings. The highest BCUT2D eigenvalue weighted by molar-refractivity contribution is 5.98. The monoisotopic (exact) mass is 366 g/mol. The van der Waals surface area contributed by atoms with E-state index in [0.29, 0.717) is 24.8 Å². The van der Waals surface area contributed by atoms with Crippen LogP contribution in [0.4, 0.5) is 0 Å². The molecule has 1 heterocycles. The molecule has 0 saturated heterocycles. The highest BCUT2D eigenvalue weighted by Gasteiger charge is 2.32. The van der Waals surface area contributed by atoms with E-state index in [9.17, 15) is 9.59 Å². The molecule has 0 unspecified atom stereocenters. The Balaban J connectivity index is 1.53. The molecule has 1 saturated carbocycles. The zero-order valence-electron chi connectivity index (χ0n) is 15.8. The summed E-state index contributed by atoms with van der Waals surface area (Å²) in [5.74, 6) is 0.793. The number of aromatic nitrogens is 1. The van der Waals surface area contributed by atoms with Crippen LogP contribution in [0, 0.1) is 0 Å². The number of ether oxygens (including phenoxy) is 1. The maximum atomic E-state index is 12.7. The molecule has 3 rings (SSSR count). The van der Waals surface area contributed by atoms with Gasteiger partial charge in [-0.25, -0.2) is 0 Å². The number of carbonyl (C=O) groups excluding carboxylic acids is 2. The number of ketones is 1. The third kappa shape index (κ3) is 5.64. The Kier molecular flexibility index (Phi) is 6.58. The standard InChI is InChI=1S/C22H26N2O3/c1-2-14-27-20-9-5-18(6-10-20)21(25)11-12-22(26)24(19-7-8-19)16-17-4-3-13-23-15-17/h3-6,9-10,13,15,19H,2,7-8,11-12,14,16H2,1H3. The number of hydrogen-bond acceptors (Lipinski definition) is 4. The zero-order valence-corrected chi connectivity index (χ0v) is 15.8. The first kappa shape index (κ1) is 19.1. The van der Waals surface area contributed by atoms with E-state index in [2.05, 4.69) is 4.98 Å². The van der Waals surface area contributed by atoms with Crippen LogP contribution in [0.15, 0.2) is 48.8 Å². The molecule has 5 nitrogen and oxygen atoms in total. The van der Waals surface area contributed by atoms with Gasteiger partial charge >= 0.3 is 0 Å². The molecule has 1 aromatic heterocycles. The first-order valence-electron chi connectivity index (χ1n) is 9.62. The third-order valence-corrected chi connectivity index (χ3v) is 4.60. The largest absolute Gasteiger partial charge is 0.494 e. The molecule has 142 valence electrons. The van der Waals surface area contributed by atoms with Gasteiger partial charge in [-0.15, -0.1) is 0 Å². The van der Waals surface area contributed by atoms with Crippen molar-refractivity contribution in [1.82, 2.24) is 9.88 Å². The maximum absolute atomic E-state index is 12.7. The van der Waals surface area contributed by atoms with Gasteiger partial charge in [0.15, 0.2) is 5.78 Å². The minimum Gasteiger partial charge on any atom is -0.494 e. The number of hydrogen-bond donors (Lipinski definition) is 0. The molecule has 0 radical (unpaired) electrons. The number of pyridine rings is 1. The van der Waals surface area contributed by atoms with Crippen LogP contribution < -0.4 is 4.74 Å². The Bertz CT molecular complexity index is 755. The number of amides is 1. The van der Waals surface area contributed by atoms with Gasteiger partial charge in [0.05, 0.1) is 6.61 Å². The van der Waals surface area contributed by atoms with E-state index in [1.807, 2.05) is 36.1 Å².